The van der Waals surface area contributed by atoms with Gasteiger partial charge in [0.2, 0.25) is 0 Å². The van der Waals surface area contributed by atoms with Crippen LogP contribution in [0.3, 0.4) is 0 Å². The number of aryl methyl sites for hydroxylation is 1. The molecule has 0 aliphatic heterocycles. The molecule has 0 spiro atoms. The Balaban J connectivity index is 2.29. The molecule has 1 aromatic rings. The summed E-state index contributed by atoms with van der Waals surface area (Å²) in [5.74, 6) is -0.0887. The highest BCUT2D eigenvalue weighted by Crippen LogP contribution is 1.95. The van der Waals surface area contributed by atoms with Gasteiger partial charge < -0.3 is 10.1 Å². The Hall–Kier alpha value is -1.36. The number of carbonyl (C=O) groups is 1. The third kappa shape index (κ3) is 3.18. The van der Waals surface area contributed by atoms with Gasteiger partial charge in [-0.15, -0.1) is 0 Å². The number of hydrogen-bond donors (Lipinski definition) is 1. The largest absolute Gasteiger partial charge is 0.385 e. The first kappa shape index (κ1) is 10.7. The molecule has 1 aromatic heterocycles. The average Bonchev–Trinajstić information content (AvgIpc) is 2.59. The van der Waals surface area contributed by atoms with E-state index in [-0.39, 0.29) is 5.91 Å². The Morgan fingerprint density at radius 3 is 3.07 bits per heavy atom. The number of nitrogens with one attached hydrogen (secondary N) is 1. The number of rotatable bonds is 5. The van der Waals surface area contributed by atoms with Gasteiger partial charge in [0.05, 0.1) is 11.8 Å². The predicted molar refractivity (Wildman–Crippen MR) is 52.0 cm³/mol. The third-order valence-electron chi connectivity index (χ3n) is 1.78. The quantitative estimate of drug-likeness (QED) is 0.685. The molecule has 0 aliphatic carbocycles. The Morgan fingerprint density at radius 2 is 2.50 bits per heavy atom. The first-order valence-electron chi connectivity index (χ1n) is 4.50. The molecule has 1 rings (SSSR count). The first-order chi connectivity index (χ1) is 6.74. The number of nitrogens with zero attached hydrogens (tertiary/aromatic N) is 2. The van der Waals surface area contributed by atoms with Gasteiger partial charge in [0.25, 0.3) is 5.91 Å². The van der Waals surface area contributed by atoms with Crippen molar-refractivity contribution >= 4 is 5.91 Å². The maximum atomic E-state index is 11.4. The summed E-state index contributed by atoms with van der Waals surface area (Å²) in [5, 5.41) is 6.69. The van der Waals surface area contributed by atoms with E-state index in [1.54, 1.807) is 31.2 Å². The highest BCUT2D eigenvalue weighted by atomic mass is 16.5. The van der Waals surface area contributed by atoms with Gasteiger partial charge in [-0.1, -0.05) is 0 Å². The minimum atomic E-state index is -0.0887. The van der Waals surface area contributed by atoms with Crippen molar-refractivity contribution in [3.8, 4) is 0 Å². The topological polar surface area (TPSA) is 56.1 Å². The van der Waals surface area contributed by atoms with Crippen LogP contribution in [-0.4, -0.2) is 35.9 Å². The normalized spacial score (nSPS) is 10.1. The maximum absolute atomic E-state index is 11.4. The van der Waals surface area contributed by atoms with E-state index in [4.69, 9.17) is 4.74 Å². The second-order valence-corrected chi connectivity index (χ2v) is 3.00. The van der Waals surface area contributed by atoms with Crippen molar-refractivity contribution in [3.63, 3.8) is 0 Å². The van der Waals surface area contributed by atoms with E-state index in [2.05, 4.69) is 10.4 Å². The molecule has 0 radical (unpaired) electrons. The van der Waals surface area contributed by atoms with Gasteiger partial charge in [-0.3, -0.25) is 9.48 Å². The van der Waals surface area contributed by atoms with Crippen LogP contribution in [0.2, 0.25) is 0 Å². The zero-order valence-electron chi connectivity index (χ0n) is 8.49. The van der Waals surface area contributed by atoms with Crippen molar-refractivity contribution < 1.29 is 9.53 Å². The summed E-state index contributed by atoms with van der Waals surface area (Å²) in [6.45, 7) is 1.29. The molecular formula is C9H15N3O2. The molecule has 0 fully saturated rings. The van der Waals surface area contributed by atoms with Gasteiger partial charge in [0, 0.05) is 33.5 Å². The summed E-state index contributed by atoms with van der Waals surface area (Å²) in [6.07, 6.45) is 4.06. The second-order valence-electron chi connectivity index (χ2n) is 3.00. The maximum Gasteiger partial charge on any atom is 0.254 e. The summed E-state index contributed by atoms with van der Waals surface area (Å²) in [5.41, 5.74) is 0.588. The molecule has 0 unspecified atom stereocenters. The molecule has 0 atom stereocenters. The van der Waals surface area contributed by atoms with Crippen LogP contribution in [0.25, 0.3) is 0 Å². The number of ether oxygens (including phenoxy) is 1. The van der Waals surface area contributed by atoms with Crippen LogP contribution in [0.15, 0.2) is 12.4 Å². The van der Waals surface area contributed by atoms with Crippen molar-refractivity contribution in [2.75, 3.05) is 20.3 Å². The zero-order valence-corrected chi connectivity index (χ0v) is 8.49. The lowest BCUT2D eigenvalue weighted by atomic mass is 10.3. The smallest absolute Gasteiger partial charge is 0.254 e. The second kappa shape index (κ2) is 5.39. The number of carbonyl (C=O) groups excluding carboxylic acids is 1. The molecule has 1 heterocycles. The highest BCUT2D eigenvalue weighted by molar-refractivity contribution is 5.93. The monoisotopic (exact) mass is 197 g/mol. The molecule has 14 heavy (non-hydrogen) atoms. The predicted octanol–water partition coefficient (Wildman–Crippen LogP) is 0.186. The van der Waals surface area contributed by atoms with Crippen LogP contribution in [-0.2, 0) is 11.8 Å². The van der Waals surface area contributed by atoms with Crippen LogP contribution < -0.4 is 5.32 Å². The molecule has 0 aliphatic rings. The molecular weight excluding hydrogens is 182 g/mol. The SMILES string of the molecule is COCCCNC(=O)c1cnn(C)c1. The van der Waals surface area contributed by atoms with Crippen molar-refractivity contribution in [3.05, 3.63) is 18.0 Å². The van der Waals surface area contributed by atoms with Crippen molar-refractivity contribution in [2.45, 2.75) is 6.42 Å². The van der Waals surface area contributed by atoms with Crippen molar-refractivity contribution in [1.82, 2.24) is 15.1 Å². The highest BCUT2D eigenvalue weighted by Gasteiger charge is 2.05. The fourth-order valence-corrected chi connectivity index (χ4v) is 1.06. The van der Waals surface area contributed by atoms with Crippen molar-refractivity contribution in [2.24, 2.45) is 7.05 Å². The molecule has 0 saturated heterocycles. The minimum Gasteiger partial charge on any atom is -0.385 e. The Labute approximate surface area is 83.1 Å². The lowest BCUT2D eigenvalue weighted by Crippen LogP contribution is -2.24. The minimum absolute atomic E-state index is 0.0887. The lowest BCUT2D eigenvalue weighted by molar-refractivity contribution is 0.0948. The summed E-state index contributed by atoms with van der Waals surface area (Å²) in [4.78, 5) is 11.4. The van der Waals surface area contributed by atoms with Crippen LogP contribution >= 0.6 is 0 Å². The fraction of sp³-hybridized carbons (Fsp3) is 0.556. The molecule has 78 valence electrons. The Morgan fingerprint density at radius 1 is 1.71 bits per heavy atom. The van der Waals surface area contributed by atoms with Gasteiger partial charge in [-0.05, 0) is 6.42 Å². The van der Waals surface area contributed by atoms with Gasteiger partial charge in [-0.25, -0.2) is 0 Å². The summed E-state index contributed by atoms with van der Waals surface area (Å²) >= 11 is 0. The van der Waals surface area contributed by atoms with E-state index in [0.29, 0.717) is 18.7 Å². The van der Waals surface area contributed by atoms with Crippen LogP contribution in [0.5, 0.6) is 0 Å². The van der Waals surface area contributed by atoms with Gasteiger partial charge in [-0.2, -0.15) is 5.10 Å². The molecule has 0 aromatic carbocycles. The zero-order chi connectivity index (χ0) is 10.4. The molecule has 0 saturated carbocycles. The number of hydrogen-bond acceptors (Lipinski definition) is 3. The Kier molecular flexibility index (Phi) is 4.12. The van der Waals surface area contributed by atoms with Crippen molar-refractivity contribution in [1.29, 1.82) is 0 Å². The molecule has 5 heteroatoms. The van der Waals surface area contributed by atoms with Crippen LogP contribution in [0.4, 0.5) is 0 Å². The summed E-state index contributed by atoms with van der Waals surface area (Å²) in [6, 6.07) is 0. The molecule has 5 nitrogen and oxygen atoms in total. The van der Waals surface area contributed by atoms with Crippen LogP contribution in [0.1, 0.15) is 16.8 Å². The van der Waals surface area contributed by atoms with Gasteiger partial charge in [0.1, 0.15) is 0 Å². The standard InChI is InChI=1S/C9H15N3O2/c1-12-7-8(6-11-12)9(13)10-4-3-5-14-2/h6-7H,3-5H2,1-2H3,(H,10,13). The summed E-state index contributed by atoms with van der Waals surface area (Å²) in [7, 11) is 3.42. The van der Waals surface area contributed by atoms with Crippen LogP contribution in [0, 0.1) is 0 Å². The number of amides is 1. The van der Waals surface area contributed by atoms with E-state index in [9.17, 15) is 4.79 Å². The van der Waals surface area contributed by atoms with E-state index < -0.39 is 0 Å². The van der Waals surface area contributed by atoms with E-state index >= 15 is 0 Å². The summed E-state index contributed by atoms with van der Waals surface area (Å²) < 4.78 is 6.47. The molecule has 0 bridgehead atoms. The first-order valence-corrected chi connectivity index (χ1v) is 4.50. The van der Waals surface area contributed by atoms with E-state index in [1.807, 2.05) is 0 Å². The number of aromatic nitrogens is 2. The van der Waals surface area contributed by atoms with Gasteiger partial charge >= 0.3 is 0 Å². The molecule has 1 N–H and O–H groups in total. The lowest BCUT2D eigenvalue weighted by Gasteiger charge is -2.01. The van der Waals surface area contributed by atoms with E-state index in [0.717, 1.165) is 6.42 Å². The van der Waals surface area contributed by atoms with Gasteiger partial charge in [0.15, 0.2) is 0 Å². The average molecular weight is 197 g/mol. The van der Waals surface area contributed by atoms with E-state index in [1.165, 1.54) is 0 Å². The third-order valence-corrected chi connectivity index (χ3v) is 1.78. The number of methoxy groups -OCH3 is 1. The fourth-order valence-electron chi connectivity index (χ4n) is 1.06. The Bertz CT molecular complexity index is 296. The molecule has 1 amide bonds.